The summed E-state index contributed by atoms with van der Waals surface area (Å²) in [6.07, 6.45) is 0. The predicted molar refractivity (Wildman–Crippen MR) is 74.2 cm³/mol. The average Bonchev–Trinajstić information content (AvgIpc) is 2.37. The number of carbonyl (C=O) groups is 1. The molecule has 3 nitrogen and oxygen atoms in total. The van der Waals surface area contributed by atoms with Gasteiger partial charge in [-0.05, 0) is 28.9 Å². The van der Waals surface area contributed by atoms with Crippen LogP contribution in [-0.2, 0) is 4.74 Å². The number of fused-ring (bicyclic) bond motifs is 1. The monoisotopic (exact) mass is 308 g/mol. The van der Waals surface area contributed by atoms with E-state index in [0.29, 0.717) is 16.6 Å². The van der Waals surface area contributed by atoms with E-state index in [4.69, 9.17) is 9.47 Å². The van der Waals surface area contributed by atoms with Crippen molar-refractivity contribution in [1.29, 1.82) is 0 Å². The van der Waals surface area contributed by atoms with Gasteiger partial charge in [-0.2, -0.15) is 0 Å². The molecule has 0 aliphatic carbocycles. The Hall–Kier alpha value is -1.55. The highest BCUT2D eigenvalue weighted by Crippen LogP contribution is 2.34. The third-order valence-electron chi connectivity index (χ3n) is 2.66. The van der Waals surface area contributed by atoms with Crippen molar-refractivity contribution in [2.75, 3.05) is 13.7 Å². The van der Waals surface area contributed by atoms with Gasteiger partial charge in [-0.15, -0.1) is 0 Å². The molecular weight excluding hydrogens is 296 g/mol. The van der Waals surface area contributed by atoms with Gasteiger partial charge in [0.2, 0.25) is 0 Å². The van der Waals surface area contributed by atoms with Gasteiger partial charge in [0.25, 0.3) is 0 Å². The van der Waals surface area contributed by atoms with E-state index in [0.717, 1.165) is 16.5 Å². The summed E-state index contributed by atoms with van der Waals surface area (Å²) in [6, 6.07) is 9.39. The molecule has 0 saturated carbocycles. The number of hydrogen-bond donors (Lipinski definition) is 0. The summed E-state index contributed by atoms with van der Waals surface area (Å²) in [6.45, 7) is 2.14. The standard InChI is InChI=1S/C14H13BrO3/c1-3-18-14(16)13-10-7-5-4-6-9(10)12(17-2)8-11(13)15/h4-8H,3H2,1-2H3. The van der Waals surface area contributed by atoms with Crippen LogP contribution in [0.2, 0.25) is 0 Å². The van der Waals surface area contributed by atoms with E-state index < -0.39 is 0 Å². The number of rotatable bonds is 3. The van der Waals surface area contributed by atoms with Gasteiger partial charge < -0.3 is 9.47 Å². The largest absolute Gasteiger partial charge is 0.496 e. The van der Waals surface area contributed by atoms with Gasteiger partial charge in [-0.1, -0.05) is 24.3 Å². The number of carbonyl (C=O) groups excluding carboxylic acids is 1. The molecule has 0 fully saturated rings. The van der Waals surface area contributed by atoms with Gasteiger partial charge in [-0.3, -0.25) is 0 Å². The molecule has 0 saturated heterocycles. The maximum atomic E-state index is 12.0. The molecule has 94 valence electrons. The summed E-state index contributed by atoms with van der Waals surface area (Å²) < 4.78 is 11.1. The van der Waals surface area contributed by atoms with Gasteiger partial charge in [0.1, 0.15) is 5.75 Å². The van der Waals surface area contributed by atoms with Crippen LogP contribution < -0.4 is 4.74 Å². The normalized spacial score (nSPS) is 10.4. The van der Waals surface area contributed by atoms with Crippen LogP contribution in [0, 0.1) is 0 Å². The maximum absolute atomic E-state index is 12.0. The van der Waals surface area contributed by atoms with Gasteiger partial charge in [-0.25, -0.2) is 4.79 Å². The molecular formula is C14H13BrO3. The first kappa shape index (κ1) is 12.9. The fourth-order valence-corrected chi connectivity index (χ4v) is 2.47. The lowest BCUT2D eigenvalue weighted by atomic mass is 10.0. The van der Waals surface area contributed by atoms with E-state index in [1.807, 2.05) is 24.3 Å². The average molecular weight is 309 g/mol. The van der Waals surface area contributed by atoms with Crippen molar-refractivity contribution in [3.8, 4) is 5.75 Å². The van der Waals surface area contributed by atoms with Crippen molar-refractivity contribution < 1.29 is 14.3 Å². The molecule has 2 aromatic rings. The van der Waals surface area contributed by atoms with Gasteiger partial charge >= 0.3 is 5.97 Å². The number of esters is 1. The Morgan fingerprint density at radius 1 is 1.28 bits per heavy atom. The number of hydrogen-bond acceptors (Lipinski definition) is 3. The van der Waals surface area contributed by atoms with Crippen LogP contribution in [0.1, 0.15) is 17.3 Å². The Morgan fingerprint density at radius 3 is 2.56 bits per heavy atom. The van der Waals surface area contributed by atoms with E-state index in [9.17, 15) is 4.79 Å². The lowest BCUT2D eigenvalue weighted by Gasteiger charge is -2.12. The molecule has 4 heteroatoms. The first-order valence-corrected chi connectivity index (χ1v) is 6.40. The Morgan fingerprint density at radius 2 is 1.94 bits per heavy atom. The number of benzene rings is 2. The van der Waals surface area contributed by atoms with Crippen molar-refractivity contribution in [1.82, 2.24) is 0 Å². The van der Waals surface area contributed by atoms with E-state index in [1.165, 1.54) is 0 Å². The molecule has 0 atom stereocenters. The molecule has 0 aliphatic rings. The highest BCUT2D eigenvalue weighted by Gasteiger charge is 2.17. The number of methoxy groups -OCH3 is 1. The highest BCUT2D eigenvalue weighted by atomic mass is 79.9. The molecule has 0 unspecified atom stereocenters. The molecule has 2 rings (SSSR count). The summed E-state index contributed by atoms with van der Waals surface area (Å²) in [4.78, 5) is 12.0. The third-order valence-corrected chi connectivity index (χ3v) is 3.28. The van der Waals surface area contributed by atoms with Crippen molar-refractivity contribution in [2.24, 2.45) is 0 Å². The molecule has 0 bridgehead atoms. The van der Waals surface area contributed by atoms with E-state index in [-0.39, 0.29) is 5.97 Å². The maximum Gasteiger partial charge on any atom is 0.339 e. The van der Waals surface area contributed by atoms with Crippen LogP contribution in [0.25, 0.3) is 10.8 Å². The molecule has 0 radical (unpaired) electrons. The summed E-state index contributed by atoms with van der Waals surface area (Å²) in [5.41, 5.74) is 0.535. The summed E-state index contributed by atoms with van der Waals surface area (Å²) in [5, 5.41) is 1.72. The van der Waals surface area contributed by atoms with Crippen LogP contribution in [-0.4, -0.2) is 19.7 Å². The van der Waals surface area contributed by atoms with E-state index >= 15 is 0 Å². The summed E-state index contributed by atoms with van der Waals surface area (Å²) in [5.74, 6) is 0.397. The SMILES string of the molecule is CCOC(=O)c1c(Br)cc(OC)c2ccccc12. The first-order valence-electron chi connectivity index (χ1n) is 5.61. The summed E-state index contributed by atoms with van der Waals surface area (Å²) in [7, 11) is 1.61. The fourth-order valence-electron chi connectivity index (χ4n) is 1.89. The minimum Gasteiger partial charge on any atom is -0.496 e. The van der Waals surface area contributed by atoms with Crippen LogP contribution in [0.5, 0.6) is 5.75 Å². The molecule has 0 heterocycles. The van der Waals surface area contributed by atoms with Crippen molar-refractivity contribution in [3.63, 3.8) is 0 Å². The highest BCUT2D eigenvalue weighted by molar-refractivity contribution is 9.10. The Bertz CT molecular complexity index is 593. The zero-order valence-corrected chi connectivity index (χ0v) is 11.8. The summed E-state index contributed by atoms with van der Waals surface area (Å²) >= 11 is 3.40. The topological polar surface area (TPSA) is 35.5 Å². The van der Waals surface area contributed by atoms with Crippen LogP contribution >= 0.6 is 15.9 Å². The minimum atomic E-state index is -0.330. The fraction of sp³-hybridized carbons (Fsp3) is 0.214. The van der Waals surface area contributed by atoms with Gasteiger partial charge in [0, 0.05) is 15.2 Å². The molecule has 0 aromatic heterocycles. The first-order chi connectivity index (χ1) is 8.69. The minimum absolute atomic E-state index is 0.330. The van der Waals surface area contributed by atoms with E-state index in [1.54, 1.807) is 20.1 Å². The Kier molecular flexibility index (Phi) is 3.87. The van der Waals surface area contributed by atoms with Crippen LogP contribution in [0.4, 0.5) is 0 Å². The molecule has 2 aromatic carbocycles. The zero-order chi connectivity index (χ0) is 13.1. The smallest absolute Gasteiger partial charge is 0.339 e. The number of halogens is 1. The third kappa shape index (κ3) is 2.20. The van der Waals surface area contributed by atoms with Gasteiger partial charge in [0.05, 0.1) is 19.3 Å². The van der Waals surface area contributed by atoms with Crippen molar-refractivity contribution in [2.45, 2.75) is 6.92 Å². The van der Waals surface area contributed by atoms with Gasteiger partial charge in [0.15, 0.2) is 0 Å². The van der Waals surface area contributed by atoms with Crippen LogP contribution in [0.3, 0.4) is 0 Å². The molecule has 0 spiro atoms. The van der Waals surface area contributed by atoms with Crippen LogP contribution in [0.15, 0.2) is 34.8 Å². The zero-order valence-electron chi connectivity index (χ0n) is 10.2. The molecule has 0 amide bonds. The second-order valence-electron chi connectivity index (χ2n) is 3.70. The molecule has 0 N–H and O–H groups in total. The second-order valence-corrected chi connectivity index (χ2v) is 4.56. The van der Waals surface area contributed by atoms with E-state index in [2.05, 4.69) is 15.9 Å². The van der Waals surface area contributed by atoms with Crippen molar-refractivity contribution >= 4 is 32.7 Å². The Labute approximate surface area is 114 Å². The lowest BCUT2D eigenvalue weighted by molar-refractivity contribution is 0.0527. The Balaban J connectivity index is 2.73. The van der Waals surface area contributed by atoms with Crippen molar-refractivity contribution in [3.05, 3.63) is 40.4 Å². The lowest BCUT2D eigenvalue weighted by Crippen LogP contribution is -2.06. The quantitative estimate of drug-likeness (QED) is 0.809. The second kappa shape index (κ2) is 5.40. The number of ether oxygens (including phenoxy) is 2. The molecule has 18 heavy (non-hydrogen) atoms. The molecule has 0 aliphatic heterocycles. The predicted octanol–water partition coefficient (Wildman–Crippen LogP) is 3.79.